The fourth-order valence-electron chi connectivity index (χ4n) is 5.02. The summed E-state index contributed by atoms with van der Waals surface area (Å²) in [6.45, 7) is 6.17. The molecule has 0 aliphatic carbocycles. The number of nitrogens with one attached hydrogen (secondary N) is 1. The Morgan fingerprint density at radius 3 is 2.10 bits per heavy atom. The summed E-state index contributed by atoms with van der Waals surface area (Å²) >= 11 is 2.38. The quantitative estimate of drug-likeness (QED) is 0.143. The molecule has 0 saturated carbocycles. The highest BCUT2D eigenvalue weighted by atomic mass is 127. The van der Waals surface area contributed by atoms with Gasteiger partial charge in [0.25, 0.3) is 0 Å². The minimum atomic E-state index is -0.645. The van der Waals surface area contributed by atoms with Crippen molar-refractivity contribution in [2.75, 3.05) is 0 Å². The lowest BCUT2D eigenvalue weighted by Gasteiger charge is -2.36. The maximum Gasteiger partial charge on any atom is 0.0991 e. The van der Waals surface area contributed by atoms with Crippen LogP contribution in [0.5, 0.6) is 0 Å². The van der Waals surface area contributed by atoms with Crippen molar-refractivity contribution in [2.24, 2.45) is 5.41 Å². The van der Waals surface area contributed by atoms with Crippen molar-refractivity contribution in [2.45, 2.75) is 49.6 Å². The molecular formula is C34H33IN4. The summed E-state index contributed by atoms with van der Waals surface area (Å²) in [6.07, 6.45) is 4.42. The first kappa shape index (κ1) is 28.5. The van der Waals surface area contributed by atoms with E-state index in [-0.39, 0.29) is 18.0 Å². The molecule has 0 fully saturated rings. The lowest BCUT2D eigenvalue weighted by atomic mass is 9.79. The fraction of sp³-hybridized carbons (Fsp3) is 0.265. The normalized spacial score (nSPS) is 13.6. The summed E-state index contributed by atoms with van der Waals surface area (Å²) < 4.78 is 0.981. The SMILES string of the molecule is C[C@H](NC(c1ccc(-c2ccncc2)cc1)C(C)(C)C#N)[C@@H](Cc1ccc(CI)cc1)c1cccc(C#N)c1. The van der Waals surface area contributed by atoms with Gasteiger partial charge in [-0.15, -0.1) is 0 Å². The van der Waals surface area contributed by atoms with Crippen LogP contribution >= 0.6 is 22.6 Å². The number of alkyl halides is 1. The molecule has 0 spiro atoms. The van der Waals surface area contributed by atoms with E-state index < -0.39 is 5.41 Å². The van der Waals surface area contributed by atoms with Crippen LogP contribution in [-0.4, -0.2) is 11.0 Å². The molecule has 0 aliphatic rings. The van der Waals surface area contributed by atoms with E-state index in [0.717, 1.165) is 33.1 Å². The van der Waals surface area contributed by atoms with Gasteiger partial charge in [0.05, 0.1) is 29.2 Å². The molecule has 0 radical (unpaired) electrons. The van der Waals surface area contributed by atoms with Crippen LogP contribution in [0, 0.1) is 28.1 Å². The van der Waals surface area contributed by atoms with Gasteiger partial charge in [-0.05, 0) is 84.8 Å². The van der Waals surface area contributed by atoms with Crippen LogP contribution in [0.25, 0.3) is 11.1 Å². The topological polar surface area (TPSA) is 72.5 Å². The molecule has 1 aromatic heterocycles. The second-order valence-corrected chi connectivity index (χ2v) is 11.3. The number of aromatic nitrogens is 1. The first-order valence-electron chi connectivity index (χ1n) is 13.2. The van der Waals surface area contributed by atoms with Crippen molar-refractivity contribution >= 4 is 22.6 Å². The summed E-state index contributed by atoms with van der Waals surface area (Å²) in [4.78, 5) is 4.12. The third-order valence-electron chi connectivity index (χ3n) is 7.38. The third kappa shape index (κ3) is 7.12. The van der Waals surface area contributed by atoms with E-state index in [1.165, 1.54) is 11.1 Å². The van der Waals surface area contributed by atoms with E-state index >= 15 is 0 Å². The van der Waals surface area contributed by atoms with Crippen LogP contribution in [-0.2, 0) is 10.8 Å². The molecule has 0 bridgehead atoms. The molecule has 39 heavy (non-hydrogen) atoms. The first-order valence-corrected chi connectivity index (χ1v) is 14.7. The monoisotopic (exact) mass is 624 g/mol. The van der Waals surface area contributed by atoms with Gasteiger partial charge >= 0.3 is 0 Å². The number of nitrogens with zero attached hydrogens (tertiary/aromatic N) is 3. The predicted molar refractivity (Wildman–Crippen MR) is 166 cm³/mol. The number of hydrogen-bond acceptors (Lipinski definition) is 4. The maximum atomic E-state index is 10.1. The highest BCUT2D eigenvalue weighted by molar-refractivity contribution is 14.1. The number of halogens is 1. The van der Waals surface area contributed by atoms with Gasteiger partial charge in [0, 0.05) is 28.8 Å². The number of rotatable bonds is 10. The molecule has 0 amide bonds. The van der Waals surface area contributed by atoms with Crippen molar-refractivity contribution in [3.63, 3.8) is 0 Å². The molecule has 0 aliphatic heterocycles. The lowest BCUT2D eigenvalue weighted by Crippen LogP contribution is -2.42. The van der Waals surface area contributed by atoms with Crippen LogP contribution in [0.2, 0.25) is 0 Å². The summed E-state index contributed by atoms with van der Waals surface area (Å²) in [5.41, 5.74) is 6.99. The van der Waals surface area contributed by atoms with E-state index in [4.69, 9.17) is 0 Å². The van der Waals surface area contributed by atoms with Crippen molar-refractivity contribution in [3.8, 4) is 23.3 Å². The zero-order chi connectivity index (χ0) is 27.8. The largest absolute Gasteiger partial charge is 0.305 e. The van der Waals surface area contributed by atoms with E-state index in [1.54, 1.807) is 12.4 Å². The molecule has 1 N–H and O–H groups in total. The Bertz CT molecular complexity index is 1450. The average molecular weight is 625 g/mol. The Labute approximate surface area is 245 Å². The molecule has 1 heterocycles. The first-order chi connectivity index (χ1) is 18.8. The Hall–Kier alpha value is -3.52. The zero-order valence-electron chi connectivity index (χ0n) is 22.6. The molecule has 4 nitrogen and oxygen atoms in total. The van der Waals surface area contributed by atoms with Gasteiger partial charge in [-0.25, -0.2) is 0 Å². The second-order valence-electron chi connectivity index (χ2n) is 10.6. The Morgan fingerprint density at radius 2 is 1.49 bits per heavy atom. The summed E-state index contributed by atoms with van der Waals surface area (Å²) in [5, 5.41) is 23.6. The summed E-state index contributed by atoms with van der Waals surface area (Å²) in [7, 11) is 0. The zero-order valence-corrected chi connectivity index (χ0v) is 24.8. The number of hydrogen-bond donors (Lipinski definition) is 1. The molecule has 0 saturated heterocycles. The highest BCUT2D eigenvalue weighted by Gasteiger charge is 2.34. The van der Waals surface area contributed by atoms with Gasteiger partial charge in [-0.2, -0.15) is 10.5 Å². The number of nitriles is 2. The van der Waals surface area contributed by atoms with Gasteiger partial charge in [0.2, 0.25) is 0 Å². The molecule has 5 heteroatoms. The smallest absolute Gasteiger partial charge is 0.0991 e. The molecule has 3 aromatic carbocycles. The Balaban J connectivity index is 1.67. The van der Waals surface area contributed by atoms with E-state index in [0.29, 0.717) is 5.56 Å². The molecule has 4 rings (SSSR count). The average Bonchev–Trinajstić information content (AvgIpc) is 2.99. The van der Waals surface area contributed by atoms with Crippen LogP contribution in [0.3, 0.4) is 0 Å². The molecule has 1 unspecified atom stereocenters. The van der Waals surface area contributed by atoms with Crippen LogP contribution in [0.1, 0.15) is 60.5 Å². The van der Waals surface area contributed by atoms with Gasteiger partial charge in [-0.3, -0.25) is 4.98 Å². The lowest BCUT2D eigenvalue weighted by molar-refractivity contribution is 0.281. The second kappa shape index (κ2) is 13.0. The van der Waals surface area contributed by atoms with Crippen molar-refractivity contribution in [1.82, 2.24) is 10.3 Å². The predicted octanol–water partition coefficient (Wildman–Crippen LogP) is 8.15. The Kier molecular flexibility index (Phi) is 9.51. The van der Waals surface area contributed by atoms with E-state index in [1.807, 2.05) is 44.2 Å². The highest BCUT2D eigenvalue weighted by Crippen LogP contribution is 2.36. The van der Waals surface area contributed by atoms with Crippen molar-refractivity contribution in [1.29, 1.82) is 10.5 Å². The van der Waals surface area contributed by atoms with E-state index in [2.05, 4.69) is 107 Å². The van der Waals surface area contributed by atoms with Gasteiger partial charge in [0.15, 0.2) is 0 Å². The molecular weight excluding hydrogens is 591 g/mol. The Morgan fingerprint density at radius 1 is 0.846 bits per heavy atom. The standard InChI is InChI=1S/C34H33IN4/c1-24(32(31-6-4-5-27(19-31)22-36)20-25-7-9-26(21-35)10-8-25)39-33(34(2,3)23-37)30-13-11-28(12-14-30)29-15-17-38-18-16-29/h4-19,24,32-33,39H,20-21H2,1-3H3/t24-,32+,33?/m0/s1. The maximum absolute atomic E-state index is 10.1. The number of pyridine rings is 1. The molecule has 196 valence electrons. The minimum absolute atomic E-state index is 0.0284. The van der Waals surface area contributed by atoms with Crippen molar-refractivity contribution in [3.05, 3.63) is 125 Å². The van der Waals surface area contributed by atoms with Crippen LogP contribution < -0.4 is 5.32 Å². The van der Waals surface area contributed by atoms with Gasteiger partial charge in [-0.1, -0.05) is 83.3 Å². The minimum Gasteiger partial charge on any atom is -0.305 e. The van der Waals surface area contributed by atoms with Gasteiger partial charge < -0.3 is 5.32 Å². The molecule has 4 aromatic rings. The van der Waals surface area contributed by atoms with Crippen LogP contribution in [0.4, 0.5) is 0 Å². The third-order valence-corrected chi connectivity index (χ3v) is 8.26. The van der Waals surface area contributed by atoms with Gasteiger partial charge in [0.1, 0.15) is 0 Å². The van der Waals surface area contributed by atoms with Crippen molar-refractivity contribution < 1.29 is 0 Å². The fourth-order valence-corrected chi connectivity index (χ4v) is 5.53. The molecule has 3 atom stereocenters. The summed E-state index contributed by atoms with van der Waals surface area (Å²) in [5.74, 6) is 0.108. The summed E-state index contributed by atoms with van der Waals surface area (Å²) in [6, 6.07) is 33.8. The number of benzene rings is 3. The van der Waals surface area contributed by atoms with Crippen LogP contribution in [0.15, 0.2) is 97.3 Å². The van der Waals surface area contributed by atoms with E-state index in [9.17, 15) is 10.5 Å².